The first-order valence-electron chi connectivity index (χ1n) is 9.79. The molecule has 3 fully saturated rings. The Kier molecular flexibility index (Phi) is 5.66. The Morgan fingerprint density at radius 3 is 2.72 bits per heavy atom. The van der Waals surface area contributed by atoms with Crippen molar-refractivity contribution in [3.05, 3.63) is 30.1 Å². The lowest BCUT2D eigenvalue weighted by molar-refractivity contribution is -0.0333. The third-order valence-corrected chi connectivity index (χ3v) is 6.35. The van der Waals surface area contributed by atoms with Crippen LogP contribution in [0.25, 0.3) is 0 Å². The molecule has 3 aliphatic rings. The Hall–Kier alpha value is -1.01. The molecule has 0 saturated carbocycles. The summed E-state index contributed by atoms with van der Waals surface area (Å²) in [6, 6.07) is 4.91. The summed E-state index contributed by atoms with van der Waals surface area (Å²) >= 11 is 0. The minimum absolute atomic E-state index is 0.415. The molecule has 4 rings (SSSR count). The summed E-state index contributed by atoms with van der Waals surface area (Å²) in [4.78, 5) is 9.51. The molecule has 0 amide bonds. The number of hydrogen-bond acceptors (Lipinski definition) is 5. The number of methoxy groups -OCH3 is 1. The van der Waals surface area contributed by atoms with Crippen LogP contribution in [0.2, 0.25) is 0 Å². The second-order valence-corrected chi connectivity index (χ2v) is 7.89. The van der Waals surface area contributed by atoms with E-state index in [9.17, 15) is 0 Å². The van der Waals surface area contributed by atoms with Gasteiger partial charge in [-0.2, -0.15) is 0 Å². The smallest absolute Gasteiger partial charge is 0.0639 e. The van der Waals surface area contributed by atoms with Gasteiger partial charge in [0.2, 0.25) is 0 Å². The molecular formula is C20H31N3O2. The molecule has 3 saturated heterocycles. The first-order valence-corrected chi connectivity index (χ1v) is 9.79. The largest absolute Gasteiger partial charge is 0.381 e. The van der Waals surface area contributed by atoms with Crippen LogP contribution >= 0.6 is 0 Å². The van der Waals surface area contributed by atoms with Crippen LogP contribution in [0.4, 0.5) is 0 Å². The molecule has 5 nitrogen and oxygen atoms in total. The van der Waals surface area contributed by atoms with Crippen LogP contribution in [0.1, 0.15) is 24.8 Å². The lowest BCUT2D eigenvalue weighted by atomic mass is 9.87. The maximum atomic E-state index is 5.86. The van der Waals surface area contributed by atoms with E-state index in [0.717, 1.165) is 38.8 Å². The fourth-order valence-corrected chi connectivity index (χ4v) is 4.97. The van der Waals surface area contributed by atoms with Crippen LogP contribution in [0.15, 0.2) is 24.5 Å². The van der Waals surface area contributed by atoms with Gasteiger partial charge in [0.05, 0.1) is 6.10 Å². The second kappa shape index (κ2) is 8.12. The van der Waals surface area contributed by atoms with Crippen LogP contribution in [0.3, 0.4) is 0 Å². The third-order valence-electron chi connectivity index (χ3n) is 6.35. The monoisotopic (exact) mass is 345 g/mol. The number of likely N-dealkylation sites (tertiary alicyclic amines) is 2. The highest BCUT2D eigenvalue weighted by molar-refractivity contribution is 5.11. The van der Waals surface area contributed by atoms with Gasteiger partial charge in [0, 0.05) is 77.4 Å². The highest BCUT2D eigenvalue weighted by Gasteiger charge is 2.44. The van der Waals surface area contributed by atoms with Crippen molar-refractivity contribution in [1.82, 2.24) is 14.8 Å². The van der Waals surface area contributed by atoms with Crippen LogP contribution in [-0.4, -0.2) is 73.4 Å². The normalized spacial score (nSPS) is 32.0. The molecule has 0 unspecified atom stereocenters. The SMILES string of the molecule is CO[C@H]1CCN(CC2CCOCC2)[C@@H]2CN(Cc3ccncc3)C[C@H]12. The summed E-state index contributed by atoms with van der Waals surface area (Å²) in [6.07, 6.45) is 7.83. The van der Waals surface area contributed by atoms with E-state index in [4.69, 9.17) is 9.47 Å². The highest BCUT2D eigenvalue weighted by atomic mass is 16.5. The lowest BCUT2D eigenvalue weighted by Gasteiger charge is -2.43. The summed E-state index contributed by atoms with van der Waals surface area (Å²) in [5, 5.41) is 0. The molecule has 3 aliphatic heterocycles. The molecular weight excluding hydrogens is 314 g/mol. The Balaban J connectivity index is 1.41. The van der Waals surface area contributed by atoms with Gasteiger partial charge in [-0.15, -0.1) is 0 Å². The van der Waals surface area contributed by atoms with Crippen molar-refractivity contribution in [3.63, 3.8) is 0 Å². The number of aromatic nitrogens is 1. The quantitative estimate of drug-likeness (QED) is 0.816. The van der Waals surface area contributed by atoms with E-state index < -0.39 is 0 Å². The van der Waals surface area contributed by atoms with Gasteiger partial charge in [-0.25, -0.2) is 0 Å². The van der Waals surface area contributed by atoms with Crippen molar-refractivity contribution in [1.29, 1.82) is 0 Å². The number of nitrogens with zero attached hydrogens (tertiary/aromatic N) is 3. The van der Waals surface area contributed by atoms with E-state index in [1.165, 1.54) is 37.9 Å². The van der Waals surface area contributed by atoms with Gasteiger partial charge in [0.15, 0.2) is 0 Å². The van der Waals surface area contributed by atoms with E-state index >= 15 is 0 Å². The standard InChI is InChI=1S/C20H31N3O2/c1-24-20-4-9-23(13-17-5-10-25-11-6-17)19-15-22(14-18(19)20)12-16-2-7-21-8-3-16/h2-3,7-8,17-20H,4-6,9-15H2,1H3/t18-,19+,20-/m0/s1. The van der Waals surface area contributed by atoms with Gasteiger partial charge in [0.1, 0.15) is 0 Å². The number of hydrogen-bond donors (Lipinski definition) is 0. The molecule has 1 aromatic rings. The van der Waals surface area contributed by atoms with Gasteiger partial charge in [0.25, 0.3) is 0 Å². The van der Waals surface area contributed by atoms with Crippen molar-refractivity contribution >= 4 is 0 Å². The molecule has 5 heteroatoms. The van der Waals surface area contributed by atoms with Crippen molar-refractivity contribution in [2.45, 2.75) is 38.0 Å². The molecule has 1 aromatic heterocycles. The van der Waals surface area contributed by atoms with Crippen molar-refractivity contribution in [3.8, 4) is 0 Å². The van der Waals surface area contributed by atoms with Gasteiger partial charge in [-0.3, -0.25) is 14.8 Å². The minimum atomic E-state index is 0.415. The summed E-state index contributed by atoms with van der Waals surface area (Å²) in [7, 11) is 1.89. The number of piperidine rings is 1. The van der Waals surface area contributed by atoms with Gasteiger partial charge >= 0.3 is 0 Å². The molecule has 0 bridgehead atoms. The predicted octanol–water partition coefficient (Wildman–Crippen LogP) is 2.03. The van der Waals surface area contributed by atoms with Crippen LogP contribution in [0.5, 0.6) is 0 Å². The fourth-order valence-electron chi connectivity index (χ4n) is 4.97. The minimum Gasteiger partial charge on any atom is -0.381 e. The number of pyridine rings is 1. The van der Waals surface area contributed by atoms with E-state index in [-0.39, 0.29) is 0 Å². The molecule has 0 aliphatic carbocycles. The first kappa shape index (κ1) is 17.4. The Morgan fingerprint density at radius 2 is 1.96 bits per heavy atom. The van der Waals surface area contributed by atoms with Gasteiger partial charge in [-0.1, -0.05) is 0 Å². The van der Waals surface area contributed by atoms with E-state index in [1.807, 2.05) is 19.5 Å². The van der Waals surface area contributed by atoms with Gasteiger partial charge in [-0.05, 0) is 42.9 Å². The average Bonchev–Trinajstić information content (AvgIpc) is 3.08. The predicted molar refractivity (Wildman–Crippen MR) is 97.3 cm³/mol. The van der Waals surface area contributed by atoms with Crippen molar-refractivity contribution < 1.29 is 9.47 Å². The lowest BCUT2D eigenvalue weighted by Crippen LogP contribution is -2.52. The first-order chi connectivity index (χ1) is 12.3. The molecule has 3 atom stereocenters. The maximum Gasteiger partial charge on any atom is 0.0639 e. The zero-order valence-electron chi connectivity index (χ0n) is 15.3. The second-order valence-electron chi connectivity index (χ2n) is 7.89. The topological polar surface area (TPSA) is 37.8 Å². The number of fused-ring (bicyclic) bond motifs is 1. The van der Waals surface area contributed by atoms with E-state index in [0.29, 0.717) is 18.1 Å². The molecule has 0 spiro atoms. The summed E-state index contributed by atoms with van der Waals surface area (Å²) in [5.74, 6) is 1.45. The number of rotatable bonds is 5. The molecule has 0 radical (unpaired) electrons. The fraction of sp³-hybridized carbons (Fsp3) is 0.750. The Morgan fingerprint density at radius 1 is 1.16 bits per heavy atom. The van der Waals surface area contributed by atoms with E-state index in [2.05, 4.69) is 26.9 Å². The van der Waals surface area contributed by atoms with Crippen molar-refractivity contribution in [2.75, 3.05) is 46.5 Å². The zero-order chi connectivity index (χ0) is 17.1. The van der Waals surface area contributed by atoms with Crippen LogP contribution < -0.4 is 0 Å². The molecule has 0 aromatic carbocycles. The Bertz CT molecular complexity index is 535. The molecule has 0 N–H and O–H groups in total. The molecule has 138 valence electrons. The molecule has 4 heterocycles. The van der Waals surface area contributed by atoms with E-state index in [1.54, 1.807) is 0 Å². The maximum absolute atomic E-state index is 5.86. The zero-order valence-corrected chi connectivity index (χ0v) is 15.3. The van der Waals surface area contributed by atoms with Gasteiger partial charge < -0.3 is 9.47 Å². The van der Waals surface area contributed by atoms with Crippen molar-refractivity contribution in [2.24, 2.45) is 11.8 Å². The summed E-state index contributed by atoms with van der Waals surface area (Å²) < 4.78 is 11.4. The number of ether oxygens (including phenoxy) is 2. The third kappa shape index (κ3) is 4.05. The highest BCUT2D eigenvalue weighted by Crippen LogP contribution is 2.34. The Labute approximate surface area is 151 Å². The van der Waals surface area contributed by atoms with Crippen LogP contribution in [0, 0.1) is 11.8 Å². The van der Waals surface area contributed by atoms with Crippen LogP contribution in [-0.2, 0) is 16.0 Å². The average molecular weight is 345 g/mol. The summed E-state index contributed by atoms with van der Waals surface area (Å²) in [5.41, 5.74) is 1.36. The summed E-state index contributed by atoms with van der Waals surface area (Å²) in [6.45, 7) is 7.65. The molecule has 25 heavy (non-hydrogen) atoms.